The molecule has 0 bridgehead atoms. The van der Waals surface area contributed by atoms with Crippen molar-refractivity contribution in [2.75, 3.05) is 18.0 Å². The molecule has 0 radical (unpaired) electrons. The highest BCUT2D eigenvalue weighted by Gasteiger charge is 2.10. The van der Waals surface area contributed by atoms with Gasteiger partial charge in [-0.2, -0.15) is 0 Å². The van der Waals surface area contributed by atoms with E-state index in [1.165, 1.54) is 5.56 Å². The summed E-state index contributed by atoms with van der Waals surface area (Å²) < 4.78 is 0. The van der Waals surface area contributed by atoms with E-state index in [1.54, 1.807) is 0 Å². The van der Waals surface area contributed by atoms with Gasteiger partial charge in [0.05, 0.1) is 12.8 Å². The fraction of sp³-hybridized carbons (Fsp3) is 0.500. The van der Waals surface area contributed by atoms with Gasteiger partial charge in [-0.1, -0.05) is 25.5 Å². The molecule has 0 saturated heterocycles. The van der Waals surface area contributed by atoms with Crippen molar-refractivity contribution in [3.63, 3.8) is 0 Å². The second-order valence-corrected chi connectivity index (χ2v) is 5.04. The number of hydrogen-bond donors (Lipinski definition) is 2. The Hall–Kier alpha value is -2.04. The minimum absolute atomic E-state index is 0.00277. The minimum atomic E-state index is -0.880. The summed E-state index contributed by atoms with van der Waals surface area (Å²) in [5.41, 5.74) is 2.12. The highest BCUT2D eigenvalue weighted by molar-refractivity contribution is 5.69. The third-order valence-electron chi connectivity index (χ3n) is 3.31. The number of anilines is 1. The van der Waals surface area contributed by atoms with E-state index in [4.69, 9.17) is 10.2 Å². The van der Waals surface area contributed by atoms with E-state index in [-0.39, 0.29) is 12.8 Å². The first-order valence-corrected chi connectivity index (χ1v) is 7.30. The Labute approximate surface area is 125 Å². The van der Waals surface area contributed by atoms with Crippen LogP contribution in [0.5, 0.6) is 0 Å². The second kappa shape index (κ2) is 9.00. The van der Waals surface area contributed by atoms with Gasteiger partial charge in [0.2, 0.25) is 0 Å². The van der Waals surface area contributed by atoms with Gasteiger partial charge in [0.25, 0.3) is 0 Å². The molecule has 1 aromatic carbocycles. The zero-order valence-electron chi connectivity index (χ0n) is 12.4. The summed E-state index contributed by atoms with van der Waals surface area (Å²) >= 11 is 0. The largest absolute Gasteiger partial charge is 0.481 e. The van der Waals surface area contributed by atoms with Crippen LogP contribution in [0.15, 0.2) is 24.3 Å². The SMILES string of the molecule is CCCCc1ccc(N(CCC(=O)O)CCC(=O)O)cc1. The quantitative estimate of drug-likeness (QED) is 0.693. The summed E-state index contributed by atoms with van der Waals surface area (Å²) in [6.07, 6.45) is 3.31. The Morgan fingerprint density at radius 3 is 1.95 bits per heavy atom. The van der Waals surface area contributed by atoms with Crippen molar-refractivity contribution in [1.29, 1.82) is 0 Å². The number of rotatable bonds is 10. The molecular weight excluding hydrogens is 270 g/mol. The lowest BCUT2D eigenvalue weighted by Gasteiger charge is -2.23. The molecule has 0 atom stereocenters. The number of hydrogen-bond acceptors (Lipinski definition) is 3. The van der Waals surface area contributed by atoms with Crippen molar-refractivity contribution in [1.82, 2.24) is 0 Å². The van der Waals surface area contributed by atoms with Crippen LogP contribution in [-0.2, 0) is 16.0 Å². The van der Waals surface area contributed by atoms with Gasteiger partial charge < -0.3 is 15.1 Å². The van der Waals surface area contributed by atoms with E-state index in [0.29, 0.717) is 13.1 Å². The Balaban J connectivity index is 2.70. The molecule has 0 saturated carbocycles. The lowest BCUT2D eigenvalue weighted by molar-refractivity contribution is -0.137. The summed E-state index contributed by atoms with van der Waals surface area (Å²) in [6, 6.07) is 7.93. The highest BCUT2D eigenvalue weighted by Crippen LogP contribution is 2.17. The lowest BCUT2D eigenvalue weighted by atomic mass is 10.1. The molecule has 0 aliphatic rings. The van der Waals surface area contributed by atoms with Gasteiger partial charge in [-0.05, 0) is 30.5 Å². The molecule has 0 aliphatic heterocycles. The smallest absolute Gasteiger partial charge is 0.305 e. The third-order valence-corrected chi connectivity index (χ3v) is 3.31. The topological polar surface area (TPSA) is 77.8 Å². The molecule has 0 spiro atoms. The first-order chi connectivity index (χ1) is 10.0. The first-order valence-electron chi connectivity index (χ1n) is 7.30. The molecule has 1 aromatic rings. The van der Waals surface area contributed by atoms with Gasteiger partial charge in [-0.25, -0.2) is 0 Å². The van der Waals surface area contributed by atoms with Crippen molar-refractivity contribution in [2.45, 2.75) is 39.0 Å². The standard InChI is InChI=1S/C16H23NO4/c1-2-3-4-13-5-7-14(8-6-13)17(11-9-15(18)19)12-10-16(20)21/h5-8H,2-4,9-12H2,1H3,(H,18,19)(H,20,21). The zero-order valence-corrected chi connectivity index (χ0v) is 12.4. The van der Waals surface area contributed by atoms with Gasteiger partial charge in [-0.3, -0.25) is 9.59 Å². The van der Waals surface area contributed by atoms with Crippen LogP contribution in [0.2, 0.25) is 0 Å². The normalized spacial score (nSPS) is 10.3. The van der Waals surface area contributed by atoms with E-state index in [1.807, 2.05) is 29.2 Å². The summed E-state index contributed by atoms with van der Waals surface area (Å²) in [6.45, 7) is 2.78. The number of aliphatic carboxylic acids is 2. The molecular formula is C16H23NO4. The van der Waals surface area contributed by atoms with Crippen molar-refractivity contribution >= 4 is 17.6 Å². The van der Waals surface area contributed by atoms with E-state index < -0.39 is 11.9 Å². The van der Waals surface area contributed by atoms with Crippen molar-refractivity contribution in [3.8, 4) is 0 Å². The Bertz CT molecular complexity index is 438. The average molecular weight is 293 g/mol. The monoisotopic (exact) mass is 293 g/mol. The van der Waals surface area contributed by atoms with Crippen molar-refractivity contribution in [2.24, 2.45) is 0 Å². The Kier molecular flexibility index (Phi) is 7.29. The molecule has 1 rings (SSSR count). The molecule has 116 valence electrons. The van der Waals surface area contributed by atoms with Crippen LogP contribution < -0.4 is 4.90 Å². The number of unbranched alkanes of at least 4 members (excludes halogenated alkanes) is 1. The summed E-state index contributed by atoms with van der Waals surface area (Å²) in [5, 5.41) is 17.6. The van der Waals surface area contributed by atoms with E-state index >= 15 is 0 Å². The van der Waals surface area contributed by atoms with Gasteiger partial charge in [-0.15, -0.1) is 0 Å². The van der Waals surface area contributed by atoms with Crippen LogP contribution in [0.1, 0.15) is 38.2 Å². The van der Waals surface area contributed by atoms with Crippen LogP contribution in [0.3, 0.4) is 0 Å². The van der Waals surface area contributed by atoms with E-state index in [0.717, 1.165) is 24.9 Å². The number of carbonyl (C=O) groups is 2. The van der Waals surface area contributed by atoms with Gasteiger partial charge in [0, 0.05) is 18.8 Å². The molecule has 0 heterocycles. The molecule has 2 N–H and O–H groups in total. The Morgan fingerprint density at radius 2 is 1.52 bits per heavy atom. The number of benzene rings is 1. The van der Waals surface area contributed by atoms with E-state index in [2.05, 4.69) is 6.92 Å². The summed E-state index contributed by atoms with van der Waals surface area (Å²) in [4.78, 5) is 23.2. The zero-order chi connectivity index (χ0) is 15.7. The fourth-order valence-electron chi connectivity index (χ4n) is 2.09. The maximum absolute atomic E-state index is 10.7. The van der Waals surface area contributed by atoms with Crippen LogP contribution >= 0.6 is 0 Å². The van der Waals surface area contributed by atoms with Gasteiger partial charge >= 0.3 is 11.9 Å². The lowest BCUT2D eigenvalue weighted by Crippen LogP contribution is -2.28. The minimum Gasteiger partial charge on any atom is -0.481 e. The first kappa shape index (κ1) is 17.0. The molecule has 0 aliphatic carbocycles. The molecule has 0 amide bonds. The number of carboxylic acid groups (broad SMARTS) is 2. The fourth-order valence-corrected chi connectivity index (χ4v) is 2.09. The maximum Gasteiger partial charge on any atom is 0.305 e. The van der Waals surface area contributed by atoms with Crippen LogP contribution in [0, 0.1) is 0 Å². The molecule has 0 fully saturated rings. The van der Waals surface area contributed by atoms with Gasteiger partial charge in [0.15, 0.2) is 0 Å². The maximum atomic E-state index is 10.7. The van der Waals surface area contributed by atoms with Crippen LogP contribution in [0.4, 0.5) is 5.69 Å². The molecule has 0 unspecified atom stereocenters. The van der Waals surface area contributed by atoms with Crippen molar-refractivity contribution in [3.05, 3.63) is 29.8 Å². The molecule has 21 heavy (non-hydrogen) atoms. The van der Waals surface area contributed by atoms with Crippen molar-refractivity contribution < 1.29 is 19.8 Å². The molecule has 0 aromatic heterocycles. The Morgan fingerprint density at radius 1 is 1.00 bits per heavy atom. The number of carboxylic acids is 2. The average Bonchev–Trinajstić information content (AvgIpc) is 2.45. The summed E-state index contributed by atoms with van der Waals surface area (Å²) in [7, 11) is 0. The number of nitrogens with zero attached hydrogens (tertiary/aromatic N) is 1. The second-order valence-electron chi connectivity index (χ2n) is 5.04. The molecule has 5 heteroatoms. The number of aryl methyl sites for hydroxylation is 1. The summed E-state index contributed by atoms with van der Waals surface area (Å²) in [5.74, 6) is -1.76. The van der Waals surface area contributed by atoms with E-state index in [9.17, 15) is 9.59 Å². The predicted molar refractivity (Wildman–Crippen MR) is 81.8 cm³/mol. The highest BCUT2D eigenvalue weighted by atomic mass is 16.4. The van der Waals surface area contributed by atoms with Crippen LogP contribution in [0.25, 0.3) is 0 Å². The van der Waals surface area contributed by atoms with Gasteiger partial charge in [0.1, 0.15) is 0 Å². The third kappa shape index (κ3) is 6.79. The molecule has 5 nitrogen and oxygen atoms in total. The predicted octanol–water partition coefficient (Wildman–Crippen LogP) is 2.79. The van der Waals surface area contributed by atoms with Crippen LogP contribution in [-0.4, -0.2) is 35.2 Å².